The van der Waals surface area contributed by atoms with Crippen molar-refractivity contribution in [2.75, 3.05) is 13.6 Å². The SMILES string of the molecule is CNCCc1c(O)ccc2ccc(O)cc12. The molecule has 3 nitrogen and oxygen atoms in total. The van der Waals surface area contributed by atoms with Crippen molar-refractivity contribution in [3.8, 4) is 11.5 Å². The summed E-state index contributed by atoms with van der Waals surface area (Å²) in [7, 11) is 1.87. The standard InChI is InChI=1S/C13H15NO2/c1-14-7-6-11-12-8-10(15)4-2-9(12)3-5-13(11)16/h2-5,8,14-16H,6-7H2,1H3. The van der Waals surface area contributed by atoms with Crippen LogP contribution in [0.5, 0.6) is 11.5 Å². The zero-order chi connectivity index (χ0) is 11.5. The molecule has 3 heteroatoms. The van der Waals surface area contributed by atoms with Gasteiger partial charge in [-0.25, -0.2) is 0 Å². The van der Waals surface area contributed by atoms with Crippen LogP contribution in [0.1, 0.15) is 5.56 Å². The van der Waals surface area contributed by atoms with E-state index >= 15 is 0 Å². The molecule has 2 rings (SSSR count). The summed E-state index contributed by atoms with van der Waals surface area (Å²) in [6, 6.07) is 8.76. The average Bonchev–Trinajstić information content (AvgIpc) is 2.28. The van der Waals surface area contributed by atoms with E-state index in [-0.39, 0.29) is 11.5 Å². The molecule has 2 aromatic carbocycles. The second kappa shape index (κ2) is 4.41. The van der Waals surface area contributed by atoms with Crippen molar-refractivity contribution in [3.05, 3.63) is 35.9 Å². The predicted molar refractivity (Wildman–Crippen MR) is 64.9 cm³/mol. The summed E-state index contributed by atoms with van der Waals surface area (Å²) in [6.07, 6.45) is 0.739. The van der Waals surface area contributed by atoms with Crippen LogP contribution in [0.4, 0.5) is 0 Å². The number of phenols is 2. The minimum absolute atomic E-state index is 0.226. The Labute approximate surface area is 94.3 Å². The smallest absolute Gasteiger partial charge is 0.119 e. The van der Waals surface area contributed by atoms with Gasteiger partial charge in [0.05, 0.1) is 0 Å². The van der Waals surface area contributed by atoms with Crippen molar-refractivity contribution in [1.82, 2.24) is 5.32 Å². The Balaban J connectivity index is 2.58. The highest BCUT2D eigenvalue weighted by molar-refractivity contribution is 5.88. The minimum Gasteiger partial charge on any atom is -0.508 e. The highest BCUT2D eigenvalue weighted by atomic mass is 16.3. The van der Waals surface area contributed by atoms with Crippen molar-refractivity contribution in [2.24, 2.45) is 0 Å². The summed E-state index contributed by atoms with van der Waals surface area (Å²) in [5.41, 5.74) is 0.878. The molecule has 0 radical (unpaired) electrons. The molecule has 0 saturated heterocycles. The van der Waals surface area contributed by atoms with Gasteiger partial charge in [0.2, 0.25) is 0 Å². The maximum atomic E-state index is 9.82. The van der Waals surface area contributed by atoms with Gasteiger partial charge in [-0.05, 0) is 49.0 Å². The van der Waals surface area contributed by atoms with Crippen LogP contribution in [0.3, 0.4) is 0 Å². The Kier molecular flexibility index (Phi) is 2.97. The summed E-state index contributed by atoms with van der Waals surface area (Å²) >= 11 is 0. The number of hydrogen-bond donors (Lipinski definition) is 3. The Morgan fingerprint density at radius 3 is 2.62 bits per heavy atom. The van der Waals surface area contributed by atoms with Crippen LogP contribution < -0.4 is 5.32 Å². The van der Waals surface area contributed by atoms with Gasteiger partial charge in [0.15, 0.2) is 0 Å². The van der Waals surface area contributed by atoms with Crippen molar-refractivity contribution in [2.45, 2.75) is 6.42 Å². The number of likely N-dealkylation sites (N-methyl/N-ethyl adjacent to an activating group) is 1. The highest BCUT2D eigenvalue weighted by Crippen LogP contribution is 2.29. The van der Waals surface area contributed by atoms with E-state index in [0.29, 0.717) is 0 Å². The lowest BCUT2D eigenvalue weighted by molar-refractivity contribution is 0.468. The molecule has 0 heterocycles. The molecule has 0 fully saturated rings. The van der Waals surface area contributed by atoms with Gasteiger partial charge in [0.1, 0.15) is 11.5 Å². The lowest BCUT2D eigenvalue weighted by Gasteiger charge is -2.09. The largest absolute Gasteiger partial charge is 0.508 e. The highest BCUT2D eigenvalue weighted by Gasteiger charge is 2.07. The molecule has 0 aliphatic heterocycles. The van der Waals surface area contributed by atoms with Gasteiger partial charge < -0.3 is 15.5 Å². The second-order valence-electron chi connectivity index (χ2n) is 3.82. The monoisotopic (exact) mass is 217 g/mol. The Hall–Kier alpha value is -1.74. The third-order valence-electron chi connectivity index (χ3n) is 2.72. The normalized spacial score (nSPS) is 10.8. The molecular weight excluding hydrogens is 202 g/mol. The van der Waals surface area contributed by atoms with Crippen LogP contribution in [-0.4, -0.2) is 23.8 Å². The first-order valence-corrected chi connectivity index (χ1v) is 5.30. The molecule has 0 bridgehead atoms. The molecule has 0 aliphatic rings. The summed E-state index contributed by atoms with van der Waals surface area (Å²) in [5, 5.41) is 24.3. The van der Waals surface area contributed by atoms with E-state index in [4.69, 9.17) is 0 Å². The van der Waals surface area contributed by atoms with Gasteiger partial charge in [-0.1, -0.05) is 12.1 Å². The first kappa shape index (κ1) is 10.8. The van der Waals surface area contributed by atoms with Gasteiger partial charge in [0.25, 0.3) is 0 Å². The minimum atomic E-state index is 0.226. The van der Waals surface area contributed by atoms with Crippen LogP contribution in [-0.2, 0) is 6.42 Å². The number of nitrogens with one attached hydrogen (secondary N) is 1. The quantitative estimate of drug-likeness (QED) is 0.737. The molecule has 0 amide bonds. The number of benzene rings is 2. The number of rotatable bonds is 3. The van der Waals surface area contributed by atoms with Gasteiger partial charge in [0, 0.05) is 5.56 Å². The first-order valence-electron chi connectivity index (χ1n) is 5.30. The van der Waals surface area contributed by atoms with Crippen molar-refractivity contribution >= 4 is 10.8 Å². The Morgan fingerprint density at radius 2 is 1.88 bits per heavy atom. The zero-order valence-electron chi connectivity index (χ0n) is 9.20. The third-order valence-corrected chi connectivity index (χ3v) is 2.72. The van der Waals surface area contributed by atoms with E-state index < -0.39 is 0 Å². The zero-order valence-corrected chi connectivity index (χ0v) is 9.20. The summed E-state index contributed by atoms with van der Waals surface area (Å²) in [5.74, 6) is 0.511. The Morgan fingerprint density at radius 1 is 1.12 bits per heavy atom. The molecule has 16 heavy (non-hydrogen) atoms. The third kappa shape index (κ3) is 1.95. The molecule has 2 aromatic rings. The van der Waals surface area contributed by atoms with Gasteiger partial charge >= 0.3 is 0 Å². The van der Waals surface area contributed by atoms with Crippen LogP contribution in [0.2, 0.25) is 0 Å². The van der Waals surface area contributed by atoms with Gasteiger partial charge in [-0.2, -0.15) is 0 Å². The summed E-state index contributed by atoms with van der Waals surface area (Å²) in [6.45, 7) is 0.794. The van der Waals surface area contributed by atoms with Crippen LogP contribution >= 0.6 is 0 Å². The maximum Gasteiger partial charge on any atom is 0.119 e. The molecule has 0 atom stereocenters. The van der Waals surface area contributed by atoms with Crippen molar-refractivity contribution in [3.63, 3.8) is 0 Å². The molecular formula is C13H15NO2. The molecule has 0 saturated carbocycles. The summed E-state index contributed by atoms with van der Waals surface area (Å²) in [4.78, 5) is 0. The van der Waals surface area contributed by atoms with Gasteiger partial charge in [-0.15, -0.1) is 0 Å². The molecule has 84 valence electrons. The number of aromatic hydroxyl groups is 2. The predicted octanol–water partition coefficient (Wildman–Crippen LogP) is 2.01. The average molecular weight is 217 g/mol. The lowest BCUT2D eigenvalue weighted by atomic mass is 10.0. The van der Waals surface area contributed by atoms with Crippen LogP contribution in [0.25, 0.3) is 10.8 Å². The van der Waals surface area contributed by atoms with E-state index in [9.17, 15) is 10.2 Å². The van der Waals surface area contributed by atoms with E-state index in [1.54, 1.807) is 18.2 Å². The van der Waals surface area contributed by atoms with E-state index in [2.05, 4.69) is 5.32 Å². The second-order valence-corrected chi connectivity index (χ2v) is 3.82. The number of phenolic OH excluding ortho intramolecular Hbond substituents is 2. The molecule has 0 aromatic heterocycles. The van der Waals surface area contributed by atoms with E-state index in [1.807, 2.05) is 19.2 Å². The number of fused-ring (bicyclic) bond motifs is 1. The fourth-order valence-electron chi connectivity index (χ4n) is 1.87. The maximum absolute atomic E-state index is 9.82. The van der Waals surface area contributed by atoms with E-state index in [1.165, 1.54) is 0 Å². The fourth-order valence-corrected chi connectivity index (χ4v) is 1.87. The summed E-state index contributed by atoms with van der Waals surface area (Å²) < 4.78 is 0. The van der Waals surface area contributed by atoms with E-state index in [0.717, 1.165) is 29.3 Å². The molecule has 0 unspecified atom stereocenters. The lowest BCUT2D eigenvalue weighted by Crippen LogP contribution is -2.10. The topological polar surface area (TPSA) is 52.5 Å². The van der Waals surface area contributed by atoms with Crippen molar-refractivity contribution in [1.29, 1.82) is 0 Å². The van der Waals surface area contributed by atoms with Crippen molar-refractivity contribution < 1.29 is 10.2 Å². The first-order chi connectivity index (χ1) is 7.72. The molecule has 0 spiro atoms. The van der Waals surface area contributed by atoms with Gasteiger partial charge in [-0.3, -0.25) is 0 Å². The molecule has 3 N–H and O–H groups in total. The Bertz CT molecular complexity index is 503. The van der Waals surface area contributed by atoms with Crippen LogP contribution in [0.15, 0.2) is 30.3 Å². The molecule has 0 aliphatic carbocycles. The fraction of sp³-hybridized carbons (Fsp3) is 0.231. The van der Waals surface area contributed by atoms with Crippen LogP contribution in [0, 0.1) is 0 Å². The number of hydrogen-bond acceptors (Lipinski definition) is 3.